The van der Waals surface area contributed by atoms with Gasteiger partial charge in [-0.2, -0.15) is 0 Å². The van der Waals surface area contributed by atoms with Crippen molar-refractivity contribution in [1.29, 1.82) is 0 Å². The summed E-state index contributed by atoms with van der Waals surface area (Å²) in [6, 6.07) is 0. The molecule has 0 spiro atoms. The van der Waals surface area contributed by atoms with Gasteiger partial charge >= 0.3 is 0 Å². The number of carbonyl (C=O) groups is 1. The number of unbranched alkanes of at least 4 members (excludes halogenated alkanes) is 2. The first-order valence-electron chi connectivity index (χ1n) is 4.27. The van der Waals surface area contributed by atoms with E-state index in [9.17, 15) is 4.79 Å². The molecule has 3 nitrogen and oxygen atoms in total. The Bertz CT molecular complexity index is 132. The highest BCUT2D eigenvalue weighted by Crippen LogP contribution is 2.06. The van der Waals surface area contributed by atoms with E-state index >= 15 is 0 Å². The predicted octanol–water partition coefficient (Wildman–Crippen LogP) is 2.18. The van der Waals surface area contributed by atoms with Gasteiger partial charge in [0.2, 0.25) is 0 Å². The van der Waals surface area contributed by atoms with Gasteiger partial charge in [0, 0.05) is 0 Å². The van der Waals surface area contributed by atoms with E-state index in [1.165, 1.54) is 6.08 Å². The van der Waals surface area contributed by atoms with Gasteiger partial charge in [0.1, 0.15) is 12.4 Å². The second-order valence-corrected chi connectivity index (χ2v) is 2.66. The molecule has 0 rings (SSSR count). The fourth-order valence-electron chi connectivity index (χ4n) is 0.949. The standard InChI is InChI=1S/C9H16O3/c1-2-3-4-6-9(12-11)7-5-8-10/h5,7-9,11H,2-4,6H2,1H3. The van der Waals surface area contributed by atoms with Crippen LogP contribution in [0.15, 0.2) is 12.2 Å². The fraction of sp³-hybridized carbons (Fsp3) is 0.667. The molecule has 1 N–H and O–H groups in total. The van der Waals surface area contributed by atoms with Crippen molar-refractivity contribution in [3.8, 4) is 0 Å². The van der Waals surface area contributed by atoms with Crippen LogP contribution in [0.25, 0.3) is 0 Å². The van der Waals surface area contributed by atoms with Gasteiger partial charge in [0.05, 0.1) is 0 Å². The summed E-state index contributed by atoms with van der Waals surface area (Å²) in [6.45, 7) is 2.11. The third-order valence-corrected chi connectivity index (χ3v) is 1.63. The summed E-state index contributed by atoms with van der Waals surface area (Å²) in [5, 5.41) is 8.38. The maximum absolute atomic E-state index is 9.93. The molecule has 0 aliphatic carbocycles. The van der Waals surface area contributed by atoms with E-state index in [1.54, 1.807) is 6.08 Å². The van der Waals surface area contributed by atoms with Crippen LogP contribution in [-0.2, 0) is 9.68 Å². The summed E-state index contributed by atoms with van der Waals surface area (Å²) >= 11 is 0. The van der Waals surface area contributed by atoms with Gasteiger partial charge in [-0.3, -0.25) is 10.1 Å². The third-order valence-electron chi connectivity index (χ3n) is 1.63. The summed E-state index contributed by atoms with van der Waals surface area (Å²) in [4.78, 5) is 14.1. The number of carbonyl (C=O) groups excluding carboxylic acids is 1. The lowest BCUT2D eigenvalue weighted by molar-refractivity contribution is -0.267. The molecule has 0 aromatic rings. The molecule has 1 atom stereocenters. The van der Waals surface area contributed by atoms with Crippen LogP contribution < -0.4 is 0 Å². The Morgan fingerprint density at radius 3 is 2.75 bits per heavy atom. The van der Waals surface area contributed by atoms with Gasteiger partial charge < -0.3 is 0 Å². The Morgan fingerprint density at radius 2 is 2.25 bits per heavy atom. The normalized spacial score (nSPS) is 13.5. The Balaban J connectivity index is 3.52. The minimum absolute atomic E-state index is 0.332. The van der Waals surface area contributed by atoms with Crippen LogP contribution in [0.4, 0.5) is 0 Å². The maximum Gasteiger partial charge on any atom is 0.142 e. The molecule has 0 aliphatic rings. The van der Waals surface area contributed by atoms with Crippen LogP contribution in [0.5, 0.6) is 0 Å². The largest absolute Gasteiger partial charge is 0.299 e. The van der Waals surface area contributed by atoms with Crippen molar-refractivity contribution in [3.63, 3.8) is 0 Å². The number of aldehydes is 1. The van der Waals surface area contributed by atoms with Crippen LogP contribution in [0, 0.1) is 0 Å². The minimum atomic E-state index is -0.332. The molecule has 3 heteroatoms. The maximum atomic E-state index is 9.93. The van der Waals surface area contributed by atoms with Crippen molar-refractivity contribution in [3.05, 3.63) is 12.2 Å². The highest BCUT2D eigenvalue weighted by Gasteiger charge is 2.02. The summed E-state index contributed by atoms with van der Waals surface area (Å²) < 4.78 is 0. The van der Waals surface area contributed by atoms with Gasteiger partial charge in [0.15, 0.2) is 0 Å². The van der Waals surface area contributed by atoms with E-state index in [-0.39, 0.29) is 6.10 Å². The van der Waals surface area contributed by atoms with Crippen LogP contribution in [-0.4, -0.2) is 17.6 Å². The van der Waals surface area contributed by atoms with Crippen molar-refractivity contribution in [1.82, 2.24) is 0 Å². The quantitative estimate of drug-likeness (QED) is 0.210. The Morgan fingerprint density at radius 1 is 1.50 bits per heavy atom. The van der Waals surface area contributed by atoms with Crippen molar-refractivity contribution in [2.24, 2.45) is 0 Å². The van der Waals surface area contributed by atoms with Gasteiger partial charge in [-0.15, -0.1) is 0 Å². The molecule has 12 heavy (non-hydrogen) atoms. The van der Waals surface area contributed by atoms with Crippen molar-refractivity contribution in [2.75, 3.05) is 0 Å². The zero-order valence-electron chi connectivity index (χ0n) is 7.40. The zero-order valence-corrected chi connectivity index (χ0v) is 7.40. The van der Waals surface area contributed by atoms with Gasteiger partial charge in [-0.1, -0.05) is 26.2 Å². The lowest BCUT2D eigenvalue weighted by atomic mass is 10.1. The summed E-state index contributed by atoms with van der Waals surface area (Å²) in [5.41, 5.74) is 0. The van der Waals surface area contributed by atoms with Crippen molar-refractivity contribution >= 4 is 6.29 Å². The fourth-order valence-corrected chi connectivity index (χ4v) is 0.949. The van der Waals surface area contributed by atoms with E-state index in [0.29, 0.717) is 6.29 Å². The molecule has 0 saturated carbocycles. The molecule has 0 aromatic heterocycles. The number of allylic oxidation sites excluding steroid dienone is 1. The highest BCUT2D eigenvalue weighted by molar-refractivity contribution is 5.64. The number of hydrogen-bond donors (Lipinski definition) is 1. The van der Waals surface area contributed by atoms with Crippen LogP contribution in [0.2, 0.25) is 0 Å². The molecule has 0 aliphatic heterocycles. The molecule has 0 saturated heterocycles. The van der Waals surface area contributed by atoms with E-state index in [4.69, 9.17) is 5.26 Å². The second-order valence-electron chi connectivity index (χ2n) is 2.66. The molecule has 0 amide bonds. The molecular formula is C9H16O3. The summed E-state index contributed by atoms with van der Waals surface area (Å²) in [5.74, 6) is 0. The third kappa shape index (κ3) is 6.07. The molecule has 0 bridgehead atoms. The lowest BCUT2D eigenvalue weighted by Crippen LogP contribution is -2.06. The number of rotatable bonds is 7. The van der Waals surface area contributed by atoms with Gasteiger partial charge in [-0.05, 0) is 18.6 Å². The van der Waals surface area contributed by atoms with Crippen LogP contribution in [0.3, 0.4) is 0 Å². The predicted molar refractivity (Wildman–Crippen MR) is 46.8 cm³/mol. The van der Waals surface area contributed by atoms with Crippen molar-refractivity contribution in [2.45, 2.75) is 38.7 Å². The smallest absolute Gasteiger partial charge is 0.142 e. The average Bonchev–Trinajstić information content (AvgIpc) is 2.11. The second kappa shape index (κ2) is 8.43. The van der Waals surface area contributed by atoms with E-state index < -0.39 is 0 Å². The average molecular weight is 172 g/mol. The van der Waals surface area contributed by atoms with Crippen LogP contribution in [0.1, 0.15) is 32.6 Å². The highest BCUT2D eigenvalue weighted by atomic mass is 17.1. The van der Waals surface area contributed by atoms with Gasteiger partial charge in [-0.25, -0.2) is 4.89 Å². The molecule has 0 heterocycles. The minimum Gasteiger partial charge on any atom is -0.299 e. The summed E-state index contributed by atoms with van der Waals surface area (Å²) in [7, 11) is 0. The Labute approximate surface area is 73.0 Å². The van der Waals surface area contributed by atoms with E-state index in [0.717, 1.165) is 25.7 Å². The van der Waals surface area contributed by atoms with Crippen LogP contribution >= 0.6 is 0 Å². The SMILES string of the molecule is CCCCCC(C=CC=O)OO. The van der Waals surface area contributed by atoms with Crippen molar-refractivity contribution < 1.29 is 14.9 Å². The molecule has 1 unspecified atom stereocenters. The Kier molecular flexibility index (Phi) is 7.96. The van der Waals surface area contributed by atoms with Gasteiger partial charge in [0.25, 0.3) is 0 Å². The van der Waals surface area contributed by atoms with E-state index in [2.05, 4.69) is 11.8 Å². The first-order valence-corrected chi connectivity index (χ1v) is 4.27. The first-order chi connectivity index (χ1) is 5.85. The molecule has 0 aromatic carbocycles. The topological polar surface area (TPSA) is 46.5 Å². The molecule has 0 fully saturated rings. The lowest BCUT2D eigenvalue weighted by Gasteiger charge is -2.06. The molecular weight excluding hydrogens is 156 g/mol. The molecule has 0 radical (unpaired) electrons. The number of hydrogen-bond acceptors (Lipinski definition) is 3. The molecule has 70 valence electrons. The zero-order chi connectivity index (χ0) is 9.23. The Hall–Kier alpha value is -0.670. The monoisotopic (exact) mass is 172 g/mol. The van der Waals surface area contributed by atoms with E-state index in [1.807, 2.05) is 0 Å². The summed E-state index contributed by atoms with van der Waals surface area (Å²) in [6.07, 6.45) is 7.26. The first kappa shape index (κ1) is 11.3.